The minimum absolute atomic E-state index is 0.143. The van der Waals surface area contributed by atoms with Gasteiger partial charge in [-0.2, -0.15) is 0 Å². The molecule has 2 rings (SSSR count). The van der Waals surface area contributed by atoms with Crippen molar-refractivity contribution in [1.82, 2.24) is 10.2 Å². The molecule has 0 radical (unpaired) electrons. The zero-order valence-corrected chi connectivity index (χ0v) is 12.8. The van der Waals surface area contributed by atoms with Crippen LogP contribution in [0.3, 0.4) is 0 Å². The third-order valence-corrected chi connectivity index (χ3v) is 4.81. The van der Waals surface area contributed by atoms with Crippen LogP contribution in [-0.4, -0.2) is 40.2 Å². The van der Waals surface area contributed by atoms with E-state index in [9.17, 15) is 8.60 Å². The highest BCUT2D eigenvalue weighted by atomic mass is 32.2. The van der Waals surface area contributed by atoms with E-state index < -0.39 is 10.8 Å². The van der Waals surface area contributed by atoms with Crippen LogP contribution >= 0.6 is 0 Å². The average Bonchev–Trinajstić information content (AvgIpc) is 2.45. The summed E-state index contributed by atoms with van der Waals surface area (Å²) in [5, 5.41) is 3.33. The lowest BCUT2D eigenvalue weighted by atomic mass is 10.1. The van der Waals surface area contributed by atoms with Gasteiger partial charge in [0.15, 0.2) is 0 Å². The van der Waals surface area contributed by atoms with Gasteiger partial charge in [-0.1, -0.05) is 19.1 Å². The molecule has 1 aromatic carbocycles. The maximum Gasteiger partial charge on any atom is 0.127 e. The van der Waals surface area contributed by atoms with Crippen LogP contribution in [0, 0.1) is 5.82 Å². The molecule has 3 nitrogen and oxygen atoms in total. The Kier molecular flexibility index (Phi) is 6.13. The molecule has 0 unspecified atom stereocenters. The Morgan fingerprint density at radius 1 is 1.35 bits per heavy atom. The number of hydrogen-bond donors (Lipinski definition) is 1. The molecule has 20 heavy (non-hydrogen) atoms. The quantitative estimate of drug-likeness (QED) is 0.814. The second-order valence-corrected chi connectivity index (χ2v) is 6.92. The van der Waals surface area contributed by atoms with E-state index in [0.29, 0.717) is 18.1 Å². The van der Waals surface area contributed by atoms with E-state index in [0.717, 1.165) is 43.7 Å². The first-order valence-corrected chi connectivity index (χ1v) is 8.73. The van der Waals surface area contributed by atoms with Crippen LogP contribution in [0.25, 0.3) is 0 Å². The van der Waals surface area contributed by atoms with Crippen molar-refractivity contribution in [3.05, 3.63) is 35.1 Å². The minimum Gasteiger partial charge on any atom is -0.313 e. The van der Waals surface area contributed by atoms with Crippen molar-refractivity contribution in [3.8, 4) is 0 Å². The second-order valence-electron chi connectivity index (χ2n) is 5.23. The number of halogens is 1. The fourth-order valence-corrected chi connectivity index (χ4v) is 3.47. The van der Waals surface area contributed by atoms with Crippen LogP contribution in [0.2, 0.25) is 0 Å². The molecule has 0 amide bonds. The number of hydrogen-bond acceptors (Lipinski definition) is 3. The highest BCUT2D eigenvalue weighted by Crippen LogP contribution is 2.14. The summed E-state index contributed by atoms with van der Waals surface area (Å²) in [6, 6.07) is 5.34. The van der Waals surface area contributed by atoms with Crippen molar-refractivity contribution in [3.63, 3.8) is 0 Å². The van der Waals surface area contributed by atoms with Gasteiger partial charge in [-0.3, -0.25) is 9.11 Å². The van der Waals surface area contributed by atoms with Gasteiger partial charge in [0.2, 0.25) is 0 Å². The molecule has 1 aliphatic rings. The number of nitrogens with zero attached hydrogens (tertiary/aromatic N) is 1. The van der Waals surface area contributed by atoms with Crippen LogP contribution in [0.1, 0.15) is 24.5 Å². The monoisotopic (exact) mass is 298 g/mol. The van der Waals surface area contributed by atoms with Crippen molar-refractivity contribution in [2.75, 3.05) is 31.1 Å². The van der Waals surface area contributed by atoms with Crippen LogP contribution in [0.15, 0.2) is 18.2 Å². The third kappa shape index (κ3) is 4.65. The maximum absolute atomic E-state index is 13.9. The smallest absolute Gasteiger partial charge is 0.127 e. The van der Waals surface area contributed by atoms with E-state index in [4.69, 9.17) is 0 Å². The maximum atomic E-state index is 13.9. The van der Waals surface area contributed by atoms with Crippen molar-refractivity contribution in [1.29, 1.82) is 0 Å². The predicted octanol–water partition coefficient (Wildman–Crippen LogP) is 1.89. The Bertz CT molecular complexity index is 457. The molecule has 1 heterocycles. The van der Waals surface area contributed by atoms with Crippen molar-refractivity contribution in [2.45, 2.75) is 26.4 Å². The molecule has 5 heteroatoms. The van der Waals surface area contributed by atoms with E-state index in [1.807, 2.05) is 12.1 Å². The number of nitrogens with one attached hydrogen (secondary N) is 1. The summed E-state index contributed by atoms with van der Waals surface area (Å²) in [4.78, 5) is 2.18. The molecule has 0 spiro atoms. The summed E-state index contributed by atoms with van der Waals surface area (Å²) >= 11 is 0. The molecule has 1 N–H and O–H groups in total. The third-order valence-electron chi connectivity index (χ3n) is 3.53. The minimum atomic E-state index is -0.679. The van der Waals surface area contributed by atoms with E-state index >= 15 is 0 Å². The first kappa shape index (κ1) is 15.6. The van der Waals surface area contributed by atoms with Crippen molar-refractivity contribution < 1.29 is 8.60 Å². The molecule has 0 saturated carbocycles. The molecule has 0 aromatic heterocycles. The summed E-state index contributed by atoms with van der Waals surface area (Å²) in [6.07, 6.45) is 1.10. The summed E-state index contributed by atoms with van der Waals surface area (Å²) < 4.78 is 25.2. The largest absolute Gasteiger partial charge is 0.313 e. The van der Waals surface area contributed by atoms with E-state index in [-0.39, 0.29) is 5.82 Å². The van der Waals surface area contributed by atoms with Gasteiger partial charge in [0.25, 0.3) is 0 Å². The summed E-state index contributed by atoms with van der Waals surface area (Å²) in [6.45, 7) is 6.10. The van der Waals surface area contributed by atoms with Gasteiger partial charge < -0.3 is 5.32 Å². The standard InChI is InChI=1S/C15H23FN2OS/c1-2-5-17-11-13-3-4-15(16)14(10-13)12-18-6-8-20(19)9-7-18/h3-4,10,17H,2,5-9,11-12H2,1H3. The van der Waals surface area contributed by atoms with Gasteiger partial charge in [-0.05, 0) is 24.6 Å². The molecule has 0 aliphatic carbocycles. The Hall–Kier alpha value is -0.780. The normalized spacial score (nSPS) is 17.5. The molecular formula is C15H23FN2OS. The number of rotatable bonds is 6. The lowest BCUT2D eigenvalue weighted by Crippen LogP contribution is -2.37. The summed E-state index contributed by atoms with van der Waals surface area (Å²) in [7, 11) is -0.679. The number of benzene rings is 1. The van der Waals surface area contributed by atoms with Gasteiger partial charge >= 0.3 is 0 Å². The van der Waals surface area contributed by atoms with Crippen LogP contribution < -0.4 is 5.32 Å². The molecule has 1 aromatic rings. The second kappa shape index (κ2) is 7.86. The molecule has 0 atom stereocenters. The molecule has 1 aliphatic heterocycles. The topological polar surface area (TPSA) is 32.3 Å². The van der Waals surface area contributed by atoms with E-state index in [1.165, 1.54) is 0 Å². The lowest BCUT2D eigenvalue weighted by Gasteiger charge is -2.26. The van der Waals surface area contributed by atoms with E-state index in [1.54, 1.807) is 6.07 Å². The fourth-order valence-electron chi connectivity index (χ4n) is 2.34. The van der Waals surface area contributed by atoms with Crippen LogP contribution in [0.5, 0.6) is 0 Å². The SMILES string of the molecule is CCCNCc1ccc(F)c(CN2CCS(=O)CC2)c1. The highest BCUT2D eigenvalue weighted by Gasteiger charge is 2.16. The van der Waals surface area contributed by atoms with Crippen molar-refractivity contribution in [2.24, 2.45) is 0 Å². The molecule has 1 saturated heterocycles. The van der Waals surface area contributed by atoms with Gasteiger partial charge in [0.05, 0.1) is 0 Å². The zero-order chi connectivity index (χ0) is 14.4. The Morgan fingerprint density at radius 2 is 2.10 bits per heavy atom. The highest BCUT2D eigenvalue weighted by molar-refractivity contribution is 7.85. The molecule has 1 fully saturated rings. The Labute approximate surface area is 123 Å². The molecule has 112 valence electrons. The first-order chi connectivity index (χ1) is 9.69. The summed E-state index contributed by atoms with van der Waals surface area (Å²) in [5.74, 6) is 1.27. The van der Waals surface area contributed by atoms with Gasteiger partial charge in [-0.25, -0.2) is 4.39 Å². The van der Waals surface area contributed by atoms with Crippen LogP contribution in [-0.2, 0) is 23.9 Å². The Morgan fingerprint density at radius 3 is 2.80 bits per heavy atom. The lowest BCUT2D eigenvalue weighted by molar-refractivity contribution is 0.287. The van der Waals surface area contributed by atoms with E-state index in [2.05, 4.69) is 17.1 Å². The Balaban J connectivity index is 1.95. The zero-order valence-electron chi connectivity index (χ0n) is 12.0. The molecular weight excluding hydrogens is 275 g/mol. The van der Waals surface area contributed by atoms with Gasteiger partial charge in [-0.15, -0.1) is 0 Å². The molecule has 0 bridgehead atoms. The first-order valence-electron chi connectivity index (χ1n) is 7.24. The van der Waals surface area contributed by atoms with Crippen LogP contribution in [0.4, 0.5) is 4.39 Å². The average molecular weight is 298 g/mol. The van der Waals surface area contributed by atoms with Gasteiger partial charge in [0, 0.05) is 54.0 Å². The van der Waals surface area contributed by atoms with Gasteiger partial charge in [0.1, 0.15) is 5.82 Å². The predicted molar refractivity (Wildman–Crippen MR) is 81.6 cm³/mol. The summed E-state index contributed by atoms with van der Waals surface area (Å²) in [5.41, 5.74) is 1.86. The van der Waals surface area contributed by atoms with Crippen molar-refractivity contribution >= 4 is 10.8 Å². The fraction of sp³-hybridized carbons (Fsp3) is 0.600.